The van der Waals surface area contributed by atoms with E-state index >= 15 is 0 Å². The minimum Gasteiger partial charge on any atom is -0.492 e. The minimum atomic E-state index is -0.347. The summed E-state index contributed by atoms with van der Waals surface area (Å²) in [6, 6.07) is 10.1. The van der Waals surface area contributed by atoms with Crippen LogP contribution in [0.3, 0.4) is 0 Å². The molecule has 0 bridgehead atoms. The van der Waals surface area contributed by atoms with E-state index in [-0.39, 0.29) is 6.10 Å². The molecule has 1 aromatic carbocycles. The van der Waals surface area contributed by atoms with Crippen molar-refractivity contribution in [2.24, 2.45) is 0 Å². The highest BCUT2D eigenvalue weighted by Crippen LogP contribution is 2.35. The van der Waals surface area contributed by atoms with Crippen molar-refractivity contribution < 1.29 is 14.3 Å². The predicted octanol–water partition coefficient (Wildman–Crippen LogP) is 4.45. The average Bonchev–Trinajstić information content (AvgIpc) is 2.59. The fraction of sp³-hybridized carbons (Fsp3) is 0.389. The summed E-state index contributed by atoms with van der Waals surface area (Å²) in [7, 11) is 0. The van der Waals surface area contributed by atoms with E-state index in [0.29, 0.717) is 18.9 Å². The van der Waals surface area contributed by atoms with Crippen LogP contribution in [-0.2, 0) is 9.47 Å². The maximum atomic E-state index is 9.25. The van der Waals surface area contributed by atoms with Gasteiger partial charge >= 0.3 is 5.71 Å². The largest absolute Gasteiger partial charge is 0.492 e. The Balaban J connectivity index is 2.25. The molecular weight excluding hydrogens is 308 g/mol. The first-order chi connectivity index (χ1) is 11.3. The molecule has 0 saturated heterocycles. The predicted molar refractivity (Wildman–Crippen MR) is 93.4 cm³/mol. The van der Waals surface area contributed by atoms with Crippen LogP contribution in [0.15, 0.2) is 58.0 Å². The first kappa shape index (κ1) is 17.5. The molecule has 0 radical (unpaired) electrons. The fourth-order valence-corrected chi connectivity index (χ4v) is 3.04. The number of ether oxygens (including phenoxy) is 2. The van der Waals surface area contributed by atoms with Crippen molar-refractivity contribution in [3.8, 4) is 0 Å². The molecule has 1 aliphatic rings. The zero-order valence-corrected chi connectivity index (χ0v) is 14.4. The van der Waals surface area contributed by atoms with Crippen LogP contribution in [0, 0.1) is 0 Å². The molecule has 4 nitrogen and oxygen atoms in total. The van der Waals surface area contributed by atoms with Gasteiger partial charge in [0.15, 0.2) is 6.10 Å². The summed E-state index contributed by atoms with van der Waals surface area (Å²) in [4.78, 5) is 5.48. The Morgan fingerprint density at radius 2 is 1.87 bits per heavy atom. The van der Waals surface area contributed by atoms with Crippen molar-refractivity contribution in [3.63, 3.8) is 0 Å². The summed E-state index contributed by atoms with van der Waals surface area (Å²) >= 11 is 1.62. The number of benzene rings is 1. The van der Waals surface area contributed by atoms with Crippen LogP contribution in [0.4, 0.5) is 0 Å². The van der Waals surface area contributed by atoms with Crippen LogP contribution >= 0.6 is 11.8 Å². The van der Waals surface area contributed by atoms with Crippen molar-refractivity contribution in [2.75, 3.05) is 13.2 Å². The van der Waals surface area contributed by atoms with E-state index in [0.717, 1.165) is 28.4 Å². The first-order valence-corrected chi connectivity index (χ1v) is 8.73. The van der Waals surface area contributed by atoms with Gasteiger partial charge < -0.3 is 15.0 Å². The van der Waals surface area contributed by atoms with Crippen LogP contribution in [0.1, 0.15) is 26.7 Å². The third-order valence-corrected chi connectivity index (χ3v) is 4.23. The van der Waals surface area contributed by atoms with Crippen LogP contribution in [0.5, 0.6) is 0 Å². The molecule has 2 rings (SSSR count). The monoisotopic (exact) mass is 330 g/mol. The molecule has 0 fully saturated rings. The Morgan fingerprint density at radius 3 is 2.52 bits per heavy atom. The topological polar surface area (TPSA) is 54.9 Å². The summed E-state index contributed by atoms with van der Waals surface area (Å²) in [6.07, 6.45) is 5.21. The molecule has 0 saturated carbocycles. The highest BCUT2D eigenvalue weighted by Gasteiger charge is 2.29. The molecule has 0 aromatic heterocycles. The molecule has 0 amide bonds. The maximum absolute atomic E-state index is 9.25. The van der Waals surface area contributed by atoms with Gasteiger partial charge in [-0.1, -0.05) is 43.8 Å². The van der Waals surface area contributed by atoms with Crippen LogP contribution in [-0.4, -0.2) is 29.8 Å². The van der Waals surface area contributed by atoms with E-state index in [1.807, 2.05) is 31.2 Å². The van der Waals surface area contributed by atoms with Gasteiger partial charge in [-0.25, -0.2) is 0 Å². The van der Waals surface area contributed by atoms with Gasteiger partial charge in [-0.15, -0.1) is 0 Å². The van der Waals surface area contributed by atoms with E-state index in [9.17, 15) is 5.53 Å². The highest BCUT2D eigenvalue weighted by molar-refractivity contribution is 8.03. The third-order valence-electron chi connectivity index (χ3n) is 3.17. The zero-order valence-electron chi connectivity index (χ0n) is 13.6. The SMILES string of the molecule is CCCOC1=CC(=[N+]=[N-])C(OCCC)C=C1Sc1ccccc1. The lowest BCUT2D eigenvalue weighted by Gasteiger charge is -2.19. The summed E-state index contributed by atoms with van der Waals surface area (Å²) in [5.41, 5.74) is 9.73. The lowest BCUT2D eigenvalue weighted by molar-refractivity contribution is -0.0230. The van der Waals surface area contributed by atoms with Crippen LogP contribution in [0.2, 0.25) is 0 Å². The first-order valence-electron chi connectivity index (χ1n) is 7.91. The van der Waals surface area contributed by atoms with Gasteiger partial charge in [0.05, 0.1) is 17.6 Å². The lowest BCUT2D eigenvalue weighted by Crippen LogP contribution is -2.26. The quantitative estimate of drug-likeness (QED) is 0.522. The third kappa shape index (κ3) is 5.10. The molecule has 1 aliphatic carbocycles. The molecular formula is C18H22N2O2S. The summed E-state index contributed by atoms with van der Waals surface area (Å²) < 4.78 is 11.6. The van der Waals surface area contributed by atoms with Crippen LogP contribution in [0.25, 0.3) is 5.53 Å². The normalized spacial score (nSPS) is 17.3. The molecule has 0 aliphatic heterocycles. The second kappa shape index (κ2) is 9.36. The van der Waals surface area contributed by atoms with Gasteiger partial charge in [0.1, 0.15) is 5.76 Å². The second-order valence-corrected chi connectivity index (χ2v) is 6.23. The van der Waals surface area contributed by atoms with E-state index in [2.05, 4.69) is 23.8 Å². The van der Waals surface area contributed by atoms with E-state index in [4.69, 9.17) is 9.47 Å². The standard InChI is InChI=1S/C18H22N2O2S/c1-3-10-21-16-13-18(23-14-8-6-5-7-9-14)17(22-11-4-2)12-15(16)20-19/h5-9,12-13,16H,3-4,10-11H2,1-2H3. The smallest absolute Gasteiger partial charge is 0.328 e. The lowest BCUT2D eigenvalue weighted by atomic mass is 10.1. The molecule has 1 aromatic rings. The van der Waals surface area contributed by atoms with Crippen molar-refractivity contribution >= 4 is 17.5 Å². The average molecular weight is 330 g/mol. The zero-order chi connectivity index (χ0) is 16.5. The fourth-order valence-electron chi connectivity index (χ4n) is 2.08. The maximum Gasteiger partial charge on any atom is 0.328 e. The Morgan fingerprint density at radius 1 is 1.13 bits per heavy atom. The van der Waals surface area contributed by atoms with E-state index in [1.165, 1.54) is 0 Å². The van der Waals surface area contributed by atoms with Crippen molar-refractivity contribution in [2.45, 2.75) is 37.7 Å². The molecule has 0 heterocycles. The van der Waals surface area contributed by atoms with Gasteiger partial charge in [-0.05, 0) is 31.1 Å². The van der Waals surface area contributed by atoms with Gasteiger partial charge in [0, 0.05) is 11.5 Å². The summed E-state index contributed by atoms with van der Waals surface area (Å²) in [5.74, 6) is 0.727. The molecule has 1 unspecified atom stereocenters. The molecule has 5 heteroatoms. The molecule has 0 N–H and O–H groups in total. The Hall–Kier alpha value is -1.81. The van der Waals surface area contributed by atoms with Gasteiger partial charge in [-0.3, -0.25) is 0 Å². The second-order valence-electron chi connectivity index (χ2n) is 5.12. The van der Waals surface area contributed by atoms with E-state index < -0.39 is 0 Å². The van der Waals surface area contributed by atoms with Crippen LogP contribution < -0.4 is 0 Å². The summed E-state index contributed by atoms with van der Waals surface area (Å²) in [6.45, 7) is 5.35. The Bertz CT molecular complexity index is 619. The molecule has 23 heavy (non-hydrogen) atoms. The van der Waals surface area contributed by atoms with Gasteiger partial charge in [0.25, 0.3) is 0 Å². The number of thioether (sulfide) groups is 1. The molecule has 122 valence electrons. The van der Waals surface area contributed by atoms with Crippen molar-refractivity contribution in [1.82, 2.24) is 0 Å². The van der Waals surface area contributed by atoms with Crippen molar-refractivity contribution in [3.05, 3.63) is 58.7 Å². The Labute approximate surface area is 141 Å². The summed E-state index contributed by atoms with van der Waals surface area (Å²) in [5, 5.41) is 0. The molecule has 1 atom stereocenters. The highest BCUT2D eigenvalue weighted by atomic mass is 32.2. The van der Waals surface area contributed by atoms with Gasteiger partial charge in [0.2, 0.25) is 0 Å². The minimum absolute atomic E-state index is 0.347. The number of rotatable bonds is 8. The number of nitrogens with zero attached hydrogens (tertiary/aromatic N) is 2. The molecule has 0 spiro atoms. The van der Waals surface area contributed by atoms with Gasteiger partial charge in [-0.2, -0.15) is 4.79 Å². The number of hydrogen-bond donors (Lipinski definition) is 0. The Kier molecular flexibility index (Phi) is 7.14. The number of hydrogen-bond acceptors (Lipinski definition) is 3. The van der Waals surface area contributed by atoms with E-state index in [1.54, 1.807) is 17.8 Å². The van der Waals surface area contributed by atoms with Crippen molar-refractivity contribution in [1.29, 1.82) is 0 Å².